The summed E-state index contributed by atoms with van der Waals surface area (Å²) in [5.41, 5.74) is 3.93. The van der Waals surface area contributed by atoms with E-state index in [1.165, 1.54) is 24.2 Å². The molecule has 2 aromatic heterocycles. The van der Waals surface area contributed by atoms with E-state index in [1.807, 2.05) is 28.8 Å². The minimum Gasteiger partial charge on any atom is -0.442 e. The van der Waals surface area contributed by atoms with Crippen molar-refractivity contribution in [3.63, 3.8) is 0 Å². The van der Waals surface area contributed by atoms with Crippen molar-refractivity contribution in [1.29, 1.82) is 0 Å². The number of imidazole rings is 1. The first-order valence-electron chi connectivity index (χ1n) is 12.0. The number of fused-ring (bicyclic) bond motifs is 1. The zero-order valence-electron chi connectivity index (χ0n) is 20.6. The summed E-state index contributed by atoms with van der Waals surface area (Å²) < 4.78 is 22.3. The Morgan fingerprint density at radius 3 is 2.74 bits per heavy atom. The molecular weight excluding hydrogens is 509 g/mol. The fourth-order valence-corrected chi connectivity index (χ4v) is 4.40. The van der Waals surface area contributed by atoms with Crippen LogP contribution in [0, 0.1) is 5.82 Å². The van der Waals surface area contributed by atoms with Gasteiger partial charge in [-0.3, -0.25) is 9.69 Å². The number of benzene rings is 2. The fourth-order valence-electron chi connectivity index (χ4n) is 4.29. The molecule has 0 bridgehead atoms. The lowest BCUT2D eigenvalue weighted by Crippen LogP contribution is -2.33. The first-order valence-corrected chi connectivity index (χ1v) is 12.7. The number of hydrogen-bond acceptors (Lipinski definition) is 8. The molecule has 2 aromatic carbocycles. The van der Waals surface area contributed by atoms with Crippen LogP contribution in [0.5, 0.6) is 0 Å². The number of cyclic esters (lactones) is 1. The third-order valence-corrected chi connectivity index (χ3v) is 6.36. The molecule has 2 N–H and O–H groups in total. The summed E-state index contributed by atoms with van der Waals surface area (Å²) in [6.45, 7) is 3.04. The van der Waals surface area contributed by atoms with E-state index in [4.69, 9.17) is 4.74 Å². The van der Waals surface area contributed by atoms with Crippen molar-refractivity contribution in [3.8, 4) is 11.1 Å². The van der Waals surface area contributed by atoms with Gasteiger partial charge in [-0.1, -0.05) is 24.3 Å². The molecule has 5 rings (SSSR count). The third-order valence-electron chi connectivity index (χ3n) is 6.14. The summed E-state index contributed by atoms with van der Waals surface area (Å²) in [7, 11) is 0. The van der Waals surface area contributed by atoms with Crippen LogP contribution in [0.1, 0.15) is 12.5 Å². The number of carbonyl (C=O) groups is 2. The Kier molecular flexibility index (Phi) is 7.40. The van der Waals surface area contributed by atoms with Crippen molar-refractivity contribution in [3.05, 3.63) is 66.5 Å². The number of aromatic nitrogens is 4. The summed E-state index contributed by atoms with van der Waals surface area (Å²) in [4.78, 5) is 37.8. The summed E-state index contributed by atoms with van der Waals surface area (Å²) >= 11 is 4.21. The minimum atomic E-state index is -0.571. The summed E-state index contributed by atoms with van der Waals surface area (Å²) in [5.74, 6) is 0.682. The largest absolute Gasteiger partial charge is 0.442 e. The van der Waals surface area contributed by atoms with Crippen LogP contribution >= 0.6 is 12.6 Å². The maximum absolute atomic E-state index is 15.1. The van der Waals surface area contributed by atoms with Gasteiger partial charge < -0.3 is 19.9 Å². The van der Waals surface area contributed by atoms with E-state index in [9.17, 15) is 9.59 Å². The minimum absolute atomic E-state index is 0.209. The van der Waals surface area contributed by atoms with E-state index < -0.39 is 18.0 Å². The van der Waals surface area contributed by atoms with Crippen LogP contribution in [0.15, 0.2) is 55.1 Å². The molecule has 1 aliphatic rings. The van der Waals surface area contributed by atoms with Crippen molar-refractivity contribution in [1.82, 2.24) is 24.8 Å². The molecular formula is C26H26FN7O3S. The highest BCUT2D eigenvalue weighted by atomic mass is 32.1. The molecule has 1 atom stereocenters. The molecule has 0 aliphatic carbocycles. The number of rotatable bonds is 9. The van der Waals surface area contributed by atoms with Gasteiger partial charge in [-0.25, -0.2) is 24.1 Å². The SMILES string of the molecule is CC(=O)NC[C@H]1CN(c2ccc(-c3ccc(Cn4cnc5c(NCCS)ncnc54)cc3)c(F)c2)C(=O)O1. The molecule has 0 saturated carbocycles. The van der Waals surface area contributed by atoms with Crippen LogP contribution in [0.25, 0.3) is 22.3 Å². The molecule has 1 saturated heterocycles. The van der Waals surface area contributed by atoms with Gasteiger partial charge in [0.25, 0.3) is 0 Å². The zero-order valence-corrected chi connectivity index (χ0v) is 21.5. The van der Waals surface area contributed by atoms with Crippen molar-refractivity contribution in [2.75, 3.05) is 35.6 Å². The predicted octanol–water partition coefficient (Wildman–Crippen LogP) is 3.48. The Bertz CT molecular complexity index is 1480. The van der Waals surface area contributed by atoms with Gasteiger partial charge >= 0.3 is 6.09 Å². The zero-order chi connectivity index (χ0) is 26.6. The number of thiol groups is 1. The van der Waals surface area contributed by atoms with E-state index in [0.29, 0.717) is 52.6 Å². The average molecular weight is 536 g/mol. The maximum Gasteiger partial charge on any atom is 0.414 e. The molecule has 3 heterocycles. The van der Waals surface area contributed by atoms with Gasteiger partial charge in [-0.15, -0.1) is 0 Å². The smallest absolute Gasteiger partial charge is 0.414 e. The van der Waals surface area contributed by atoms with E-state index >= 15 is 4.39 Å². The lowest BCUT2D eigenvalue weighted by Gasteiger charge is -2.15. The highest BCUT2D eigenvalue weighted by Gasteiger charge is 2.32. The Hall–Kier alpha value is -4.19. The van der Waals surface area contributed by atoms with E-state index in [2.05, 4.69) is 38.2 Å². The fraction of sp³-hybridized carbons (Fsp3) is 0.269. The van der Waals surface area contributed by atoms with Crippen LogP contribution in [-0.4, -0.2) is 63.0 Å². The van der Waals surface area contributed by atoms with Crippen molar-refractivity contribution < 1.29 is 18.7 Å². The maximum atomic E-state index is 15.1. The Morgan fingerprint density at radius 1 is 1.18 bits per heavy atom. The summed E-state index contributed by atoms with van der Waals surface area (Å²) in [5, 5.41) is 5.82. The van der Waals surface area contributed by atoms with Crippen LogP contribution in [0.2, 0.25) is 0 Å². The number of nitrogens with zero attached hydrogens (tertiary/aromatic N) is 5. The van der Waals surface area contributed by atoms with E-state index in [-0.39, 0.29) is 19.0 Å². The summed E-state index contributed by atoms with van der Waals surface area (Å²) in [6.07, 6.45) is 2.17. The number of hydrogen-bond donors (Lipinski definition) is 3. The number of carbonyl (C=O) groups excluding carboxylic acids is 2. The van der Waals surface area contributed by atoms with E-state index in [0.717, 1.165) is 5.56 Å². The Labute approximate surface area is 223 Å². The second-order valence-electron chi connectivity index (χ2n) is 8.83. The number of ether oxygens (including phenoxy) is 1. The molecule has 4 aromatic rings. The standard InChI is InChI=1S/C26H26FN7O3S/c1-16(35)29-11-20-13-34(26(36)37-20)19-6-7-21(22(27)10-19)18-4-2-17(3-5-18)12-33-15-32-23-24(28-8-9-38)30-14-31-25(23)33/h2-7,10,14-15,20,38H,8-9,11-13H2,1H3,(H,29,35)(H,28,30,31)/t20-/m0/s1. The number of nitrogens with one attached hydrogen (secondary N) is 2. The number of amides is 2. The molecule has 2 amide bonds. The molecule has 0 radical (unpaired) electrons. The first kappa shape index (κ1) is 25.5. The van der Waals surface area contributed by atoms with Crippen molar-refractivity contribution in [2.24, 2.45) is 0 Å². The number of halogens is 1. The average Bonchev–Trinajstić information content (AvgIpc) is 3.50. The van der Waals surface area contributed by atoms with E-state index in [1.54, 1.807) is 18.5 Å². The van der Waals surface area contributed by atoms with Gasteiger partial charge in [0.1, 0.15) is 23.8 Å². The first-order chi connectivity index (χ1) is 18.4. The van der Waals surface area contributed by atoms with Crippen LogP contribution in [0.3, 0.4) is 0 Å². The second kappa shape index (κ2) is 11.1. The highest BCUT2D eigenvalue weighted by molar-refractivity contribution is 7.80. The quantitative estimate of drug-likeness (QED) is 0.281. The molecule has 0 spiro atoms. The topological polar surface area (TPSA) is 114 Å². The molecule has 1 aliphatic heterocycles. The normalized spacial score (nSPS) is 15.1. The molecule has 196 valence electrons. The molecule has 38 heavy (non-hydrogen) atoms. The Morgan fingerprint density at radius 2 is 2.00 bits per heavy atom. The van der Waals surface area contributed by atoms with Gasteiger partial charge in [-0.2, -0.15) is 12.6 Å². The monoisotopic (exact) mass is 535 g/mol. The van der Waals surface area contributed by atoms with Gasteiger partial charge in [0.2, 0.25) is 5.91 Å². The van der Waals surface area contributed by atoms with Gasteiger partial charge in [0.05, 0.1) is 31.6 Å². The lowest BCUT2D eigenvalue weighted by atomic mass is 10.0. The predicted molar refractivity (Wildman–Crippen MR) is 145 cm³/mol. The summed E-state index contributed by atoms with van der Waals surface area (Å²) in [6, 6.07) is 12.2. The third kappa shape index (κ3) is 5.40. The van der Waals surface area contributed by atoms with Gasteiger partial charge in [-0.05, 0) is 29.3 Å². The van der Waals surface area contributed by atoms with Gasteiger partial charge in [0.15, 0.2) is 11.5 Å². The van der Waals surface area contributed by atoms with Crippen LogP contribution in [0.4, 0.5) is 20.7 Å². The molecule has 0 unspecified atom stereocenters. The highest BCUT2D eigenvalue weighted by Crippen LogP contribution is 2.29. The van der Waals surface area contributed by atoms with Crippen LogP contribution < -0.4 is 15.5 Å². The molecule has 10 nitrogen and oxygen atoms in total. The molecule has 1 fully saturated rings. The number of anilines is 2. The Balaban J connectivity index is 1.28. The van der Waals surface area contributed by atoms with Crippen molar-refractivity contribution in [2.45, 2.75) is 19.6 Å². The molecule has 12 heteroatoms. The second-order valence-corrected chi connectivity index (χ2v) is 9.28. The van der Waals surface area contributed by atoms with Gasteiger partial charge in [0, 0.05) is 24.8 Å². The van der Waals surface area contributed by atoms with Crippen molar-refractivity contribution >= 4 is 47.3 Å². The lowest BCUT2D eigenvalue weighted by molar-refractivity contribution is -0.119. The van der Waals surface area contributed by atoms with Crippen LogP contribution in [-0.2, 0) is 16.1 Å².